The van der Waals surface area contributed by atoms with Gasteiger partial charge in [0.05, 0.1) is 0 Å². The lowest BCUT2D eigenvalue weighted by atomic mass is 10.3. The third-order valence-corrected chi connectivity index (χ3v) is 2.46. The van der Waals surface area contributed by atoms with E-state index in [-0.39, 0.29) is 0 Å². The second kappa shape index (κ2) is 4.44. The number of rotatable bonds is 3. The lowest BCUT2D eigenvalue weighted by Crippen LogP contribution is -2.02. The fraction of sp³-hybridized carbons (Fsp3) is 0.200. The zero-order valence-corrected chi connectivity index (χ0v) is 9.81. The quantitative estimate of drug-likeness (QED) is 0.856. The number of hydrogen-bond donors (Lipinski definition) is 0. The summed E-state index contributed by atoms with van der Waals surface area (Å²) in [7, 11) is 1.89. The van der Waals surface area contributed by atoms with Crippen molar-refractivity contribution in [1.82, 2.24) is 14.8 Å². The van der Waals surface area contributed by atoms with Gasteiger partial charge in [-0.15, -0.1) is 10.2 Å². The van der Waals surface area contributed by atoms with Crippen LogP contribution in [0.4, 0.5) is 0 Å². The average Bonchev–Trinajstić information content (AvgIpc) is 2.61. The fourth-order valence-corrected chi connectivity index (χ4v) is 1.52. The molecule has 1 heterocycles. The summed E-state index contributed by atoms with van der Waals surface area (Å²) in [6.45, 7) is 0.424. The summed E-state index contributed by atoms with van der Waals surface area (Å²) in [4.78, 5) is 0. The molecular formula is C10H10BrN3O. The standard InChI is InChI=1S/C10H10BrN3O/c1-14-7-12-13-10(14)6-15-9-4-2-3-8(11)5-9/h2-5,7H,6H2,1H3. The van der Waals surface area contributed by atoms with Crippen molar-refractivity contribution in [1.29, 1.82) is 0 Å². The molecule has 0 N–H and O–H groups in total. The molecule has 0 aliphatic carbocycles. The molecule has 2 rings (SSSR count). The van der Waals surface area contributed by atoms with Gasteiger partial charge in [-0.1, -0.05) is 22.0 Å². The van der Waals surface area contributed by atoms with E-state index in [0.29, 0.717) is 6.61 Å². The molecule has 0 radical (unpaired) electrons. The zero-order chi connectivity index (χ0) is 10.7. The van der Waals surface area contributed by atoms with Gasteiger partial charge in [0.1, 0.15) is 18.7 Å². The van der Waals surface area contributed by atoms with Gasteiger partial charge in [-0.3, -0.25) is 0 Å². The first-order valence-electron chi connectivity index (χ1n) is 4.47. The maximum absolute atomic E-state index is 5.56. The second-order valence-electron chi connectivity index (χ2n) is 3.10. The van der Waals surface area contributed by atoms with Crippen LogP contribution < -0.4 is 4.74 Å². The van der Waals surface area contributed by atoms with Crippen LogP contribution in [0.15, 0.2) is 35.1 Å². The van der Waals surface area contributed by atoms with Crippen molar-refractivity contribution in [3.63, 3.8) is 0 Å². The Labute approximate surface area is 96.0 Å². The number of benzene rings is 1. The molecule has 0 saturated carbocycles. The molecule has 0 atom stereocenters. The predicted octanol–water partition coefficient (Wildman–Crippen LogP) is 2.16. The minimum atomic E-state index is 0.424. The van der Waals surface area contributed by atoms with Crippen LogP contribution in [-0.2, 0) is 13.7 Å². The molecule has 1 aromatic heterocycles. The van der Waals surface area contributed by atoms with Gasteiger partial charge in [0, 0.05) is 11.5 Å². The Morgan fingerprint density at radius 1 is 1.47 bits per heavy atom. The van der Waals surface area contributed by atoms with E-state index in [1.807, 2.05) is 35.9 Å². The number of nitrogens with zero attached hydrogens (tertiary/aromatic N) is 3. The van der Waals surface area contributed by atoms with Gasteiger partial charge in [0.2, 0.25) is 0 Å². The molecule has 0 bridgehead atoms. The molecule has 0 saturated heterocycles. The number of ether oxygens (including phenoxy) is 1. The summed E-state index contributed by atoms with van der Waals surface area (Å²) in [5.41, 5.74) is 0. The van der Waals surface area contributed by atoms with Gasteiger partial charge in [0.15, 0.2) is 5.82 Å². The largest absolute Gasteiger partial charge is 0.486 e. The van der Waals surface area contributed by atoms with E-state index in [1.54, 1.807) is 6.33 Å². The summed E-state index contributed by atoms with van der Waals surface area (Å²) in [6, 6.07) is 7.70. The van der Waals surface area contributed by atoms with Crippen LogP contribution in [0.2, 0.25) is 0 Å². The van der Waals surface area contributed by atoms with Crippen LogP contribution in [0.1, 0.15) is 5.82 Å². The first kappa shape index (κ1) is 10.2. The first-order valence-corrected chi connectivity index (χ1v) is 5.26. The van der Waals surface area contributed by atoms with Crippen LogP contribution in [0.25, 0.3) is 0 Å². The molecule has 0 aliphatic heterocycles. The van der Waals surface area contributed by atoms with E-state index < -0.39 is 0 Å². The Kier molecular flexibility index (Phi) is 3.01. The summed E-state index contributed by atoms with van der Waals surface area (Å²) in [6.07, 6.45) is 1.65. The molecule has 1 aromatic carbocycles. The highest BCUT2D eigenvalue weighted by Crippen LogP contribution is 2.18. The average molecular weight is 268 g/mol. The third-order valence-electron chi connectivity index (χ3n) is 1.97. The van der Waals surface area contributed by atoms with Crippen molar-refractivity contribution in [2.75, 3.05) is 0 Å². The molecule has 78 valence electrons. The Morgan fingerprint density at radius 2 is 2.33 bits per heavy atom. The number of aromatic nitrogens is 3. The lowest BCUT2D eigenvalue weighted by molar-refractivity contribution is 0.291. The molecule has 0 fully saturated rings. The van der Waals surface area contributed by atoms with Crippen molar-refractivity contribution in [2.24, 2.45) is 7.05 Å². The van der Waals surface area contributed by atoms with E-state index in [4.69, 9.17) is 4.74 Å². The van der Waals surface area contributed by atoms with Gasteiger partial charge in [0.25, 0.3) is 0 Å². The van der Waals surface area contributed by atoms with Crippen molar-refractivity contribution in [3.05, 3.63) is 40.9 Å². The molecule has 2 aromatic rings. The van der Waals surface area contributed by atoms with Crippen molar-refractivity contribution in [3.8, 4) is 5.75 Å². The van der Waals surface area contributed by atoms with Gasteiger partial charge < -0.3 is 9.30 Å². The minimum Gasteiger partial charge on any atom is -0.486 e. The maximum Gasteiger partial charge on any atom is 0.170 e. The van der Waals surface area contributed by atoms with E-state index >= 15 is 0 Å². The van der Waals surface area contributed by atoms with Gasteiger partial charge in [-0.25, -0.2) is 0 Å². The monoisotopic (exact) mass is 267 g/mol. The van der Waals surface area contributed by atoms with Crippen molar-refractivity contribution >= 4 is 15.9 Å². The van der Waals surface area contributed by atoms with E-state index in [0.717, 1.165) is 16.0 Å². The van der Waals surface area contributed by atoms with Crippen molar-refractivity contribution < 1.29 is 4.74 Å². The molecule has 0 amide bonds. The second-order valence-corrected chi connectivity index (χ2v) is 4.02. The van der Waals surface area contributed by atoms with E-state index in [9.17, 15) is 0 Å². The highest BCUT2D eigenvalue weighted by atomic mass is 79.9. The Bertz CT molecular complexity index is 455. The Morgan fingerprint density at radius 3 is 3.00 bits per heavy atom. The fourth-order valence-electron chi connectivity index (χ4n) is 1.14. The first-order chi connectivity index (χ1) is 7.25. The molecule has 0 unspecified atom stereocenters. The van der Waals surface area contributed by atoms with Crippen LogP contribution in [0.5, 0.6) is 5.75 Å². The maximum atomic E-state index is 5.56. The normalized spacial score (nSPS) is 10.3. The highest BCUT2D eigenvalue weighted by Gasteiger charge is 2.01. The zero-order valence-electron chi connectivity index (χ0n) is 8.22. The van der Waals surface area contributed by atoms with Crippen LogP contribution >= 0.6 is 15.9 Å². The molecule has 4 nitrogen and oxygen atoms in total. The SMILES string of the molecule is Cn1cnnc1COc1cccc(Br)c1. The predicted molar refractivity (Wildman–Crippen MR) is 59.5 cm³/mol. The Balaban J connectivity index is 2.02. The molecular weight excluding hydrogens is 258 g/mol. The molecule has 15 heavy (non-hydrogen) atoms. The van der Waals surface area contributed by atoms with Gasteiger partial charge in [-0.2, -0.15) is 0 Å². The third kappa shape index (κ3) is 2.56. The van der Waals surface area contributed by atoms with Gasteiger partial charge in [-0.05, 0) is 18.2 Å². The summed E-state index contributed by atoms with van der Waals surface area (Å²) < 4.78 is 8.39. The van der Waals surface area contributed by atoms with E-state index in [1.165, 1.54) is 0 Å². The summed E-state index contributed by atoms with van der Waals surface area (Å²) in [5, 5.41) is 7.70. The van der Waals surface area contributed by atoms with E-state index in [2.05, 4.69) is 26.1 Å². The molecule has 0 spiro atoms. The number of hydrogen-bond acceptors (Lipinski definition) is 3. The lowest BCUT2D eigenvalue weighted by Gasteiger charge is -2.05. The van der Waals surface area contributed by atoms with Crippen LogP contribution in [0, 0.1) is 0 Å². The van der Waals surface area contributed by atoms with Crippen LogP contribution in [-0.4, -0.2) is 14.8 Å². The van der Waals surface area contributed by atoms with Crippen molar-refractivity contribution in [2.45, 2.75) is 6.61 Å². The van der Waals surface area contributed by atoms with Gasteiger partial charge >= 0.3 is 0 Å². The smallest absolute Gasteiger partial charge is 0.170 e. The van der Waals surface area contributed by atoms with Crippen LogP contribution in [0.3, 0.4) is 0 Å². The summed E-state index contributed by atoms with van der Waals surface area (Å²) in [5.74, 6) is 1.61. The Hall–Kier alpha value is -1.36. The summed E-state index contributed by atoms with van der Waals surface area (Å²) >= 11 is 3.38. The minimum absolute atomic E-state index is 0.424. The highest BCUT2D eigenvalue weighted by molar-refractivity contribution is 9.10. The number of halogens is 1. The topological polar surface area (TPSA) is 39.9 Å². The molecule has 5 heteroatoms. The number of aryl methyl sites for hydroxylation is 1. The molecule has 0 aliphatic rings.